The van der Waals surface area contributed by atoms with Gasteiger partial charge in [-0.15, -0.1) is 0 Å². The van der Waals surface area contributed by atoms with Gasteiger partial charge in [0.1, 0.15) is 11.0 Å². The molecular formula is C13H11ClN4S. The van der Waals surface area contributed by atoms with E-state index in [0.717, 1.165) is 35.4 Å². The summed E-state index contributed by atoms with van der Waals surface area (Å²) >= 11 is 7.40. The second kappa shape index (κ2) is 5.50. The molecule has 2 aromatic heterocycles. The smallest absolute Gasteiger partial charge is 0.129 e. The Balaban J connectivity index is 1.75. The van der Waals surface area contributed by atoms with Crippen LogP contribution in [0.2, 0.25) is 5.02 Å². The first-order valence-corrected chi connectivity index (χ1v) is 7.00. The van der Waals surface area contributed by atoms with E-state index < -0.39 is 0 Å². The summed E-state index contributed by atoms with van der Waals surface area (Å²) < 4.78 is 8.48. The SMILES string of the molecule is Clc1ccc2nsnc2c1NCCc1ccccn1. The predicted octanol–water partition coefficient (Wildman–Crippen LogP) is 3.39. The van der Waals surface area contributed by atoms with Gasteiger partial charge in [-0.1, -0.05) is 17.7 Å². The van der Waals surface area contributed by atoms with Crippen molar-refractivity contribution in [2.75, 3.05) is 11.9 Å². The number of halogens is 1. The quantitative estimate of drug-likeness (QED) is 0.800. The molecule has 3 aromatic rings. The Morgan fingerprint density at radius 2 is 2.11 bits per heavy atom. The van der Waals surface area contributed by atoms with Gasteiger partial charge in [0.15, 0.2) is 0 Å². The van der Waals surface area contributed by atoms with Crippen molar-refractivity contribution in [3.8, 4) is 0 Å². The van der Waals surface area contributed by atoms with Gasteiger partial charge in [0.25, 0.3) is 0 Å². The molecule has 0 saturated carbocycles. The van der Waals surface area contributed by atoms with Gasteiger partial charge in [-0.05, 0) is 24.3 Å². The van der Waals surface area contributed by atoms with Crippen LogP contribution in [0, 0.1) is 0 Å². The number of aromatic nitrogens is 3. The average molecular weight is 291 g/mol. The Labute approximate surface area is 119 Å². The van der Waals surface area contributed by atoms with Crippen molar-refractivity contribution < 1.29 is 0 Å². The number of hydrogen-bond acceptors (Lipinski definition) is 5. The molecule has 0 atom stereocenters. The highest BCUT2D eigenvalue weighted by atomic mass is 35.5. The van der Waals surface area contributed by atoms with Gasteiger partial charge in [0.05, 0.1) is 22.4 Å². The molecule has 0 radical (unpaired) electrons. The predicted molar refractivity (Wildman–Crippen MR) is 78.9 cm³/mol. The highest BCUT2D eigenvalue weighted by Crippen LogP contribution is 2.29. The van der Waals surface area contributed by atoms with Crippen LogP contribution in [0.5, 0.6) is 0 Å². The number of nitrogens with one attached hydrogen (secondary N) is 1. The molecule has 1 N–H and O–H groups in total. The van der Waals surface area contributed by atoms with E-state index >= 15 is 0 Å². The van der Waals surface area contributed by atoms with Crippen LogP contribution in [-0.2, 0) is 6.42 Å². The summed E-state index contributed by atoms with van der Waals surface area (Å²) in [6, 6.07) is 9.63. The molecule has 19 heavy (non-hydrogen) atoms. The van der Waals surface area contributed by atoms with Crippen molar-refractivity contribution in [1.82, 2.24) is 13.7 Å². The summed E-state index contributed by atoms with van der Waals surface area (Å²) in [5.41, 5.74) is 3.60. The maximum absolute atomic E-state index is 6.20. The van der Waals surface area contributed by atoms with Crippen molar-refractivity contribution in [1.29, 1.82) is 0 Å². The molecule has 0 aliphatic heterocycles. The molecule has 96 valence electrons. The molecule has 0 bridgehead atoms. The first-order chi connectivity index (χ1) is 9.34. The zero-order chi connectivity index (χ0) is 13.1. The zero-order valence-corrected chi connectivity index (χ0v) is 11.6. The van der Waals surface area contributed by atoms with Gasteiger partial charge in [-0.2, -0.15) is 8.75 Å². The first kappa shape index (κ1) is 12.3. The third-order valence-electron chi connectivity index (χ3n) is 2.79. The Kier molecular flexibility index (Phi) is 3.57. The van der Waals surface area contributed by atoms with Gasteiger partial charge in [-0.3, -0.25) is 4.98 Å². The fourth-order valence-corrected chi connectivity index (χ4v) is 2.62. The summed E-state index contributed by atoms with van der Waals surface area (Å²) in [6.45, 7) is 0.757. The highest BCUT2D eigenvalue weighted by Gasteiger charge is 2.09. The zero-order valence-electron chi connectivity index (χ0n) is 10.0. The molecule has 6 heteroatoms. The third-order valence-corrected chi connectivity index (χ3v) is 3.64. The molecule has 0 unspecified atom stereocenters. The fourth-order valence-electron chi connectivity index (χ4n) is 1.86. The molecule has 1 aromatic carbocycles. The van der Waals surface area contributed by atoms with Crippen LogP contribution in [0.3, 0.4) is 0 Å². The highest BCUT2D eigenvalue weighted by molar-refractivity contribution is 7.00. The Hall–Kier alpha value is -1.72. The van der Waals surface area contributed by atoms with Crippen LogP contribution >= 0.6 is 23.3 Å². The lowest BCUT2D eigenvalue weighted by molar-refractivity contribution is 0.962. The Morgan fingerprint density at radius 3 is 2.95 bits per heavy atom. The van der Waals surface area contributed by atoms with E-state index in [9.17, 15) is 0 Å². The van der Waals surface area contributed by atoms with Crippen LogP contribution in [0.1, 0.15) is 5.69 Å². The lowest BCUT2D eigenvalue weighted by Gasteiger charge is -2.08. The molecule has 2 heterocycles. The lowest BCUT2D eigenvalue weighted by atomic mass is 10.2. The minimum atomic E-state index is 0.668. The van der Waals surface area contributed by atoms with Gasteiger partial charge in [-0.25, -0.2) is 0 Å². The van der Waals surface area contributed by atoms with E-state index in [0.29, 0.717) is 5.02 Å². The molecule has 0 amide bonds. The fraction of sp³-hybridized carbons (Fsp3) is 0.154. The molecule has 4 nitrogen and oxygen atoms in total. The van der Waals surface area contributed by atoms with Gasteiger partial charge < -0.3 is 5.32 Å². The number of nitrogens with zero attached hydrogens (tertiary/aromatic N) is 3. The van der Waals surface area contributed by atoms with Crippen LogP contribution in [0.15, 0.2) is 36.5 Å². The van der Waals surface area contributed by atoms with Crippen molar-refractivity contribution in [3.63, 3.8) is 0 Å². The van der Waals surface area contributed by atoms with Crippen LogP contribution in [-0.4, -0.2) is 20.3 Å². The second-order valence-corrected chi connectivity index (χ2v) is 4.99. The molecule has 0 saturated heterocycles. The molecule has 0 spiro atoms. The largest absolute Gasteiger partial charge is 0.382 e. The summed E-state index contributed by atoms with van der Waals surface area (Å²) in [5, 5.41) is 3.99. The first-order valence-electron chi connectivity index (χ1n) is 5.89. The standard InChI is InChI=1S/C13H11ClN4S/c14-10-4-5-11-13(18-19-17-11)12(10)16-8-6-9-3-1-2-7-15-9/h1-5,7,16H,6,8H2. The number of anilines is 1. The topological polar surface area (TPSA) is 50.7 Å². The third kappa shape index (κ3) is 2.67. The summed E-state index contributed by atoms with van der Waals surface area (Å²) in [7, 11) is 0. The average Bonchev–Trinajstić information content (AvgIpc) is 2.91. The van der Waals surface area contributed by atoms with E-state index in [1.807, 2.05) is 30.3 Å². The van der Waals surface area contributed by atoms with E-state index in [1.165, 1.54) is 11.7 Å². The Morgan fingerprint density at radius 1 is 1.16 bits per heavy atom. The molecule has 0 fully saturated rings. The maximum atomic E-state index is 6.20. The molecule has 3 rings (SSSR count). The maximum Gasteiger partial charge on any atom is 0.129 e. The summed E-state index contributed by atoms with van der Waals surface area (Å²) in [6.07, 6.45) is 2.64. The minimum absolute atomic E-state index is 0.668. The lowest BCUT2D eigenvalue weighted by Crippen LogP contribution is -2.06. The number of benzene rings is 1. The van der Waals surface area contributed by atoms with E-state index in [4.69, 9.17) is 11.6 Å². The molecule has 0 aliphatic rings. The van der Waals surface area contributed by atoms with Crippen LogP contribution < -0.4 is 5.32 Å². The van der Waals surface area contributed by atoms with Gasteiger partial charge in [0.2, 0.25) is 0 Å². The van der Waals surface area contributed by atoms with Crippen LogP contribution in [0.25, 0.3) is 11.0 Å². The van der Waals surface area contributed by atoms with Crippen molar-refractivity contribution >= 4 is 40.0 Å². The van der Waals surface area contributed by atoms with Gasteiger partial charge in [0, 0.05) is 24.9 Å². The monoisotopic (exact) mass is 290 g/mol. The number of pyridine rings is 1. The summed E-state index contributed by atoms with van der Waals surface area (Å²) in [4.78, 5) is 4.29. The van der Waals surface area contributed by atoms with E-state index in [-0.39, 0.29) is 0 Å². The van der Waals surface area contributed by atoms with E-state index in [1.54, 1.807) is 6.20 Å². The Bertz CT molecular complexity index is 683. The number of fused-ring (bicyclic) bond motifs is 1. The minimum Gasteiger partial charge on any atom is -0.382 e. The normalized spacial score (nSPS) is 10.8. The number of rotatable bonds is 4. The van der Waals surface area contributed by atoms with Crippen molar-refractivity contribution in [3.05, 3.63) is 47.2 Å². The van der Waals surface area contributed by atoms with E-state index in [2.05, 4.69) is 19.0 Å². The van der Waals surface area contributed by atoms with Crippen molar-refractivity contribution in [2.24, 2.45) is 0 Å². The number of hydrogen-bond donors (Lipinski definition) is 1. The summed E-state index contributed by atoms with van der Waals surface area (Å²) in [5.74, 6) is 0. The van der Waals surface area contributed by atoms with Crippen molar-refractivity contribution in [2.45, 2.75) is 6.42 Å². The second-order valence-electron chi connectivity index (χ2n) is 4.05. The molecule has 0 aliphatic carbocycles. The van der Waals surface area contributed by atoms with Gasteiger partial charge >= 0.3 is 0 Å². The van der Waals surface area contributed by atoms with Crippen LogP contribution in [0.4, 0.5) is 5.69 Å². The molecular weight excluding hydrogens is 280 g/mol.